The minimum atomic E-state index is -0.240. The molecule has 0 aliphatic rings. The quantitative estimate of drug-likeness (QED) is 0.641. The smallest absolute Gasteiger partial charge is 0.266 e. The van der Waals surface area contributed by atoms with Gasteiger partial charge in [-0.1, -0.05) is 17.7 Å². The minimum Gasteiger partial charge on any atom is -0.372 e. The zero-order valence-corrected chi connectivity index (χ0v) is 11.4. The van der Waals surface area contributed by atoms with Crippen molar-refractivity contribution >= 4 is 12.1 Å². The third-order valence-electron chi connectivity index (χ3n) is 2.56. The van der Waals surface area contributed by atoms with E-state index in [-0.39, 0.29) is 12.5 Å². The fraction of sp³-hybridized carbons (Fsp3) is 0.429. The van der Waals surface area contributed by atoms with E-state index in [2.05, 4.69) is 29.6 Å². The maximum atomic E-state index is 11.3. The van der Waals surface area contributed by atoms with Crippen molar-refractivity contribution in [2.45, 2.75) is 27.7 Å². The Labute approximate surface area is 108 Å². The van der Waals surface area contributed by atoms with Crippen LogP contribution in [0.25, 0.3) is 0 Å². The van der Waals surface area contributed by atoms with E-state index >= 15 is 0 Å². The molecule has 0 unspecified atom stereocenters. The van der Waals surface area contributed by atoms with Crippen LogP contribution in [0.15, 0.2) is 17.2 Å². The van der Waals surface area contributed by atoms with Crippen molar-refractivity contribution in [3.8, 4) is 0 Å². The summed E-state index contributed by atoms with van der Waals surface area (Å²) in [6, 6.07) is 4.19. The van der Waals surface area contributed by atoms with Gasteiger partial charge in [0.05, 0.1) is 6.21 Å². The molecule has 98 valence electrons. The van der Waals surface area contributed by atoms with Crippen molar-refractivity contribution in [1.82, 2.24) is 5.43 Å². The van der Waals surface area contributed by atoms with Gasteiger partial charge in [-0.2, -0.15) is 5.10 Å². The molecule has 0 radical (unpaired) electrons. The number of hydrazone groups is 1. The van der Waals surface area contributed by atoms with Crippen molar-refractivity contribution < 1.29 is 9.53 Å². The molecule has 4 nitrogen and oxygen atoms in total. The molecule has 1 aromatic carbocycles. The van der Waals surface area contributed by atoms with Gasteiger partial charge < -0.3 is 4.74 Å². The van der Waals surface area contributed by atoms with Gasteiger partial charge in [-0.3, -0.25) is 4.79 Å². The Bertz CT molecular complexity index is 430. The molecule has 0 heterocycles. The van der Waals surface area contributed by atoms with Crippen LogP contribution < -0.4 is 5.43 Å². The molecule has 0 aliphatic carbocycles. The van der Waals surface area contributed by atoms with E-state index in [0.29, 0.717) is 6.61 Å². The number of benzene rings is 1. The largest absolute Gasteiger partial charge is 0.372 e. The highest BCUT2D eigenvalue weighted by Gasteiger charge is 2.02. The number of nitrogens with one attached hydrogen (secondary N) is 1. The standard InChI is InChI=1S/C14H20N2O2/c1-5-18-9-14(17)16-15-8-13-11(3)6-10(2)7-12(13)4/h6-8H,5,9H2,1-4H3,(H,16,17)/b15-8+. The lowest BCUT2D eigenvalue weighted by Gasteiger charge is -2.06. The van der Waals surface area contributed by atoms with Crippen molar-refractivity contribution in [3.63, 3.8) is 0 Å². The summed E-state index contributed by atoms with van der Waals surface area (Å²) in [6.45, 7) is 8.53. The van der Waals surface area contributed by atoms with Gasteiger partial charge in [0.15, 0.2) is 0 Å². The number of amides is 1. The second kappa shape index (κ2) is 6.91. The zero-order valence-electron chi connectivity index (χ0n) is 11.4. The average molecular weight is 248 g/mol. The molecule has 0 bridgehead atoms. The molecule has 4 heteroatoms. The van der Waals surface area contributed by atoms with Gasteiger partial charge in [0.25, 0.3) is 5.91 Å². The molecule has 1 amide bonds. The number of carbonyl (C=O) groups excluding carboxylic acids is 1. The van der Waals surface area contributed by atoms with Crippen LogP contribution in [0.3, 0.4) is 0 Å². The summed E-state index contributed by atoms with van der Waals surface area (Å²) in [5.41, 5.74) is 7.00. The summed E-state index contributed by atoms with van der Waals surface area (Å²) in [7, 11) is 0. The van der Waals surface area contributed by atoms with E-state index in [1.54, 1.807) is 6.21 Å². The van der Waals surface area contributed by atoms with Crippen LogP contribution >= 0.6 is 0 Å². The third-order valence-corrected chi connectivity index (χ3v) is 2.56. The second-order valence-electron chi connectivity index (χ2n) is 4.24. The molecule has 0 spiro atoms. The topological polar surface area (TPSA) is 50.7 Å². The highest BCUT2D eigenvalue weighted by Crippen LogP contribution is 2.13. The molecule has 0 aromatic heterocycles. The summed E-state index contributed by atoms with van der Waals surface area (Å²) in [5, 5.41) is 3.94. The first-order chi connectivity index (χ1) is 8.54. The van der Waals surface area contributed by atoms with Gasteiger partial charge in [-0.15, -0.1) is 0 Å². The second-order valence-corrected chi connectivity index (χ2v) is 4.24. The highest BCUT2D eigenvalue weighted by molar-refractivity contribution is 5.85. The summed E-state index contributed by atoms with van der Waals surface area (Å²) in [6.07, 6.45) is 1.67. The fourth-order valence-corrected chi connectivity index (χ4v) is 1.79. The molecule has 0 saturated heterocycles. The molecule has 1 rings (SSSR count). The predicted molar refractivity (Wildman–Crippen MR) is 72.9 cm³/mol. The van der Waals surface area contributed by atoms with Gasteiger partial charge in [0.1, 0.15) is 6.61 Å². The number of carbonyl (C=O) groups is 1. The van der Waals surface area contributed by atoms with Crippen molar-refractivity contribution in [3.05, 3.63) is 34.4 Å². The van der Waals surface area contributed by atoms with E-state index < -0.39 is 0 Å². The zero-order chi connectivity index (χ0) is 13.5. The van der Waals surface area contributed by atoms with Gasteiger partial charge in [-0.05, 0) is 38.8 Å². The Morgan fingerprint density at radius 3 is 2.50 bits per heavy atom. The number of hydrogen-bond acceptors (Lipinski definition) is 3. The molecular formula is C14H20N2O2. The SMILES string of the molecule is CCOCC(=O)N/N=C/c1c(C)cc(C)cc1C. The lowest BCUT2D eigenvalue weighted by atomic mass is 10.0. The Hall–Kier alpha value is -1.68. The Morgan fingerprint density at radius 1 is 1.33 bits per heavy atom. The molecule has 0 saturated carbocycles. The summed E-state index contributed by atoms with van der Waals surface area (Å²) in [4.78, 5) is 11.3. The average Bonchev–Trinajstić information content (AvgIpc) is 2.29. The van der Waals surface area contributed by atoms with E-state index in [4.69, 9.17) is 4.74 Å². The summed E-state index contributed by atoms with van der Waals surface area (Å²) < 4.78 is 4.98. The van der Waals surface area contributed by atoms with Crippen LogP contribution in [0.5, 0.6) is 0 Å². The van der Waals surface area contributed by atoms with Crippen LogP contribution in [-0.2, 0) is 9.53 Å². The van der Waals surface area contributed by atoms with Gasteiger partial charge in [0.2, 0.25) is 0 Å². The maximum Gasteiger partial charge on any atom is 0.266 e. The Kier molecular flexibility index (Phi) is 5.52. The van der Waals surface area contributed by atoms with Gasteiger partial charge in [0, 0.05) is 12.2 Å². The highest BCUT2D eigenvalue weighted by atomic mass is 16.5. The van der Waals surface area contributed by atoms with E-state index in [0.717, 1.165) is 16.7 Å². The lowest BCUT2D eigenvalue weighted by molar-refractivity contribution is -0.125. The van der Waals surface area contributed by atoms with E-state index in [1.165, 1.54) is 5.56 Å². The first-order valence-corrected chi connectivity index (χ1v) is 6.02. The molecule has 0 atom stereocenters. The summed E-state index contributed by atoms with van der Waals surface area (Å²) in [5.74, 6) is -0.240. The molecular weight excluding hydrogens is 228 g/mol. The van der Waals surface area contributed by atoms with Crippen LogP contribution in [0.1, 0.15) is 29.2 Å². The third kappa shape index (κ3) is 4.30. The monoisotopic (exact) mass is 248 g/mol. The molecule has 1 aromatic rings. The Morgan fingerprint density at radius 2 is 1.94 bits per heavy atom. The van der Waals surface area contributed by atoms with Crippen LogP contribution in [0, 0.1) is 20.8 Å². The van der Waals surface area contributed by atoms with Crippen molar-refractivity contribution in [2.24, 2.45) is 5.10 Å². The number of ether oxygens (including phenoxy) is 1. The summed E-state index contributed by atoms with van der Waals surface area (Å²) >= 11 is 0. The number of hydrogen-bond donors (Lipinski definition) is 1. The first-order valence-electron chi connectivity index (χ1n) is 6.02. The number of rotatable bonds is 5. The maximum absolute atomic E-state index is 11.3. The molecule has 1 N–H and O–H groups in total. The molecule has 18 heavy (non-hydrogen) atoms. The fourth-order valence-electron chi connectivity index (χ4n) is 1.79. The normalized spacial score (nSPS) is 10.9. The van der Waals surface area contributed by atoms with Gasteiger partial charge >= 0.3 is 0 Å². The van der Waals surface area contributed by atoms with Crippen molar-refractivity contribution in [1.29, 1.82) is 0 Å². The first kappa shape index (κ1) is 14.4. The van der Waals surface area contributed by atoms with Crippen LogP contribution in [0.2, 0.25) is 0 Å². The van der Waals surface area contributed by atoms with E-state index in [1.807, 2.05) is 20.8 Å². The number of nitrogens with zero attached hydrogens (tertiary/aromatic N) is 1. The van der Waals surface area contributed by atoms with E-state index in [9.17, 15) is 4.79 Å². The van der Waals surface area contributed by atoms with Gasteiger partial charge in [-0.25, -0.2) is 5.43 Å². The number of aryl methyl sites for hydroxylation is 3. The minimum absolute atomic E-state index is 0.0414. The predicted octanol–water partition coefficient (Wildman–Crippen LogP) is 2.10. The van der Waals surface area contributed by atoms with Crippen molar-refractivity contribution in [2.75, 3.05) is 13.2 Å². The Balaban J connectivity index is 2.65. The molecule has 0 aliphatic heterocycles. The van der Waals surface area contributed by atoms with Crippen LogP contribution in [0.4, 0.5) is 0 Å². The lowest BCUT2D eigenvalue weighted by Crippen LogP contribution is -2.23. The van der Waals surface area contributed by atoms with Crippen LogP contribution in [-0.4, -0.2) is 25.3 Å². The molecule has 0 fully saturated rings.